The molecule has 0 saturated carbocycles. The Morgan fingerprint density at radius 1 is 1.39 bits per heavy atom. The summed E-state index contributed by atoms with van der Waals surface area (Å²) in [5.74, 6) is 1.59. The van der Waals surface area contributed by atoms with Gasteiger partial charge in [-0.2, -0.15) is 0 Å². The second-order valence-electron chi connectivity index (χ2n) is 9.42. The van der Waals surface area contributed by atoms with Crippen LogP contribution in [0.25, 0.3) is 0 Å². The minimum atomic E-state index is -0.495. The number of ether oxygens (including phenoxy) is 1. The van der Waals surface area contributed by atoms with Crippen molar-refractivity contribution in [1.29, 1.82) is 0 Å². The predicted molar refractivity (Wildman–Crippen MR) is 154 cm³/mol. The van der Waals surface area contributed by atoms with Crippen molar-refractivity contribution in [2.24, 2.45) is 11.7 Å². The van der Waals surface area contributed by atoms with Gasteiger partial charge >= 0.3 is 0 Å². The number of allylic oxidation sites excluding steroid dienone is 1. The molecule has 1 aliphatic carbocycles. The number of rotatable bonds is 12. The van der Waals surface area contributed by atoms with E-state index in [9.17, 15) is 9.59 Å². The molecule has 38 heavy (non-hydrogen) atoms. The number of thiophene rings is 1. The van der Waals surface area contributed by atoms with Crippen LogP contribution in [0.4, 0.5) is 5.00 Å². The van der Waals surface area contributed by atoms with Crippen LogP contribution < -0.4 is 15.8 Å². The van der Waals surface area contributed by atoms with Gasteiger partial charge in [0.15, 0.2) is 5.16 Å². The zero-order valence-electron chi connectivity index (χ0n) is 21.6. The van der Waals surface area contributed by atoms with Gasteiger partial charge in [-0.05, 0) is 67.9 Å². The van der Waals surface area contributed by atoms with E-state index in [0.717, 1.165) is 53.3 Å². The molecule has 1 atom stereocenters. The molecule has 0 bridgehead atoms. The molecule has 4 rings (SSSR count). The summed E-state index contributed by atoms with van der Waals surface area (Å²) in [7, 11) is 0. The third-order valence-corrected chi connectivity index (χ3v) is 8.76. The molecule has 1 aromatic carbocycles. The van der Waals surface area contributed by atoms with Gasteiger partial charge in [-0.25, -0.2) is 0 Å². The van der Waals surface area contributed by atoms with Crippen molar-refractivity contribution in [3.05, 3.63) is 63.3 Å². The summed E-state index contributed by atoms with van der Waals surface area (Å²) in [6.45, 7) is 9.06. The van der Waals surface area contributed by atoms with Gasteiger partial charge in [0.2, 0.25) is 5.91 Å². The molecule has 0 radical (unpaired) electrons. The van der Waals surface area contributed by atoms with Crippen molar-refractivity contribution in [1.82, 2.24) is 14.8 Å². The molecule has 0 fully saturated rings. The van der Waals surface area contributed by atoms with Crippen LogP contribution in [0.3, 0.4) is 0 Å². The molecular weight excluding hydrogens is 542 g/mol. The van der Waals surface area contributed by atoms with Crippen LogP contribution in [0, 0.1) is 12.8 Å². The lowest BCUT2D eigenvalue weighted by atomic mass is 9.88. The van der Waals surface area contributed by atoms with E-state index in [1.165, 1.54) is 23.1 Å². The van der Waals surface area contributed by atoms with E-state index in [-0.39, 0.29) is 11.7 Å². The van der Waals surface area contributed by atoms with E-state index < -0.39 is 5.91 Å². The van der Waals surface area contributed by atoms with Crippen molar-refractivity contribution >= 4 is 51.5 Å². The first-order valence-corrected chi connectivity index (χ1v) is 14.7. The van der Waals surface area contributed by atoms with Gasteiger partial charge in [-0.3, -0.25) is 9.59 Å². The Labute approximate surface area is 236 Å². The Hall–Kier alpha value is -2.82. The highest BCUT2D eigenvalue weighted by Crippen LogP contribution is 2.39. The summed E-state index contributed by atoms with van der Waals surface area (Å²) in [5.41, 5.74) is 8.12. The van der Waals surface area contributed by atoms with E-state index in [4.69, 9.17) is 22.1 Å². The molecule has 2 amide bonds. The summed E-state index contributed by atoms with van der Waals surface area (Å²) in [4.78, 5) is 26.1. The number of nitrogens with zero attached hydrogens (tertiary/aromatic N) is 3. The number of carbonyl (C=O) groups excluding carboxylic acids is 2. The van der Waals surface area contributed by atoms with Gasteiger partial charge in [-0.15, -0.1) is 28.1 Å². The molecule has 11 heteroatoms. The van der Waals surface area contributed by atoms with E-state index in [2.05, 4.69) is 29.0 Å². The summed E-state index contributed by atoms with van der Waals surface area (Å²) in [5, 5.41) is 13.4. The lowest BCUT2D eigenvalue weighted by molar-refractivity contribution is -0.113. The maximum Gasteiger partial charge on any atom is 0.251 e. The number of aromatic nitrogens is 3. The summed E-state index contributed by atoms with van der Waals surface area (Å²) >= 11 is 8.77. The number of halogens is 1. The first-order chi connectivity index (χ1) is 18.3. The van der Waals surface area contributed by atoms with E-state index >= 15 is 0 Å². The number of hydrogen-bond acceptors (Lipinski definition) is 7. The van der Waals surface area contributed by atoms with Crippen LogP contribution >= 0.6 is 34.7 Å². The molecule has 0 aliphatic heterocycles. The fourth-order valence-corrected chi connectivity index (χ4v) is 6.93. The highest BCUT2D eigenvalue weighted by molar-refractivity contribution is 7.99. The molecule has 1 aliphatic rings. The largest absolute Gasteiger partial charge is 0.493 e. The van der Waals surface area contributed by atoms with Crippen LogP contribution in [0.1, 0.15) is 52.0 Å². The lowest BCUT2D eigenvalue weighted by Crippen LogP contribution is -2.20. The minimum absolute atomic E-state index is 0.130. The Morgan fingerprint density at radius 2 is 2.21 bits per heavy atom. The molecule has 2 heterocycles. The van der Waals surface area contributed by atoms with Gasteiger partial charge < -0.3 is 20.4 Å². The highest BCUT2D eigenvalue weighted by atomic mass is 35.5. The smallest absolute Gasteiger partial charge is 0.251 e. The van der Waals surface area contributed by atoms with Gasteiger partial charge in [-0.1, -0.05) is 36.4 Å². The summed E-state index contributed by atoms with van der Waals surface area (Å²) < 4.78 is 7.85. The Balaban J connectivity index is 1.34. The monoisotopic (exact) mass is 573 g/mol. The van der Waals surface area contributed by atoms with E-state index in [1.807, 2.05) is 29.7 Å². The number of amides is 2. The van der Waals surface area contributed by atoms with Crippen molar-refractivity contribution < 1.29 is 14.3 Å². The molecule has 3 aromatic rings. The quantitative estimate of drug-likeness (QED) is 0.169. The zero-order chi connectivity index (χ0) is 27.2. The van der Waals surface area contributed by atoms with Crippen LogP contribution in [-0.2, 0) is 30.6 Å². The number of nitrogens with two attached hydrogens (primary N) is 1. The van der Waals surface area contributed by atoms with Crippen LogP contribution in [0.2, 0.25) is 5.02 Å². The molecular formula is C27H32ClN5O3S2. The topological polar surface area (TPSA) is 112 Å². The number of carbonyl (C=O) groups is 2. The highest BCUT2D eigenvalue weighted by Gasteiger charge is 2.27. The van der Waals surface area contributed by atoms with Gasteiger partial charge in [0.25, 0.3) is 5.91 Å². The van der Waals surface area contributed by atoms with Crippen molar-refractivity contribution in [3.8, 4) is 5.75 Å². The maximum atomic E-state index is 12.8. The van der Waals surface area contributed by atoms with Crippen molar-refractivity contribution in [2.45, 2.75) is 57.7 Å². The normalized spacial score (nSPS) is 14.7. The molecule has 8 nitrogen and oxygen atoms in total. The van der Waals surface area contributed by atoms with E-state index in [0.29, 0.717) is 46.2 Å². The summed E-state index contributed by atoms with van der Waals surface area (Å²) in [6, 6.07) is 5.56. The number of benzene rings is 1. The number of anilines is 1. The van der Waals surface area contributed by atoms with Crippen LogP contribution in [0.5, 0.6) is 5.75 Å². The van der Waals surface area contributed by atoms with Crippen molar-refractivity contribution in [3.63, 3.8) is 0 Å². The van der Waals surface area contributed by atoms with Gasteiger partial charge in [0, 0.05) is 22.9 Å². The SMILES string of the molecule is C=CCn1c(CCCOc2ccc(Cl)cc2C)nnc1SCC(=O)Nc1sc2c(c1C(N)=O)CCC(C)C2. The number of thioether (sulfide) groups is 1. The summed E-state index contributed by atoms with van der Waals surface area (Å²) in [6.07, 6.45) is 5.93. The Morgan fingerprint density at radius 3 is 2.95 bits per heavy atom. The lowest BCUT2D eigenvalue weighted by Gasteiger charge is -2.18. The van der Waals surface area contributed by atoms with Crippen molar-refractivity contribution in [2.75, 3.05) is 17.7 Å². The molecule has 3 N–H and O–H groups in total. The fraction of sp³-hybridized carbons (Fsp3) is 0.407. The Kier molecular flexibility index (Phi) is 9.51. The molecule has 0 saturated heterocycles. The second kappa shape index (κ2) is 12.8. The Bertz CT molecular complexity index is 1340. The predicted octanol–water partition coefficient (Wildman–Crippen LogP) is 5.45. The number of fused-ring (bicyclic) bond motifs is 1. The third-order valence-electron chi connectivity index (χ3n) is 6.39. The zero-order valence-corrected chi connectivity index (χ0v) is 24.0. The van der Waals surface area contributed by atoms with Gasteiger partial charge in [0.05, 0.1) is 17.9 Å². The van der Waals surface area contributed by atoms with Gasteiger partial charge in [0.1, 0.15) is 16.6 Å². The standard InChI is InChI=1S/C27H32ClN5O3S2/c1-4-11-33-22(6-5-12-36-20-10-8-18(28)14-17(20)3)31-32-27(33)37-15-23(34)30-26-24(25(29)35)19-9-7-16(2)13-21(19)38-26/h4,8,10,14,16H,1,5-7,9,11-13,15H2,2-3H3,(H2,29,35)(H,30,34). The fourth-order valence-electron chi connectivity index (χ4n) is 4.50. The van der Waals surface area contributed by atoms with Crippen LogP contribution in [-0.4, -0.2) is 38.9 Å². The second-order valence-corrected chi connectivity index (χ2v) is 11.9. The number of hydrogen-bond donors (Lipinski definition) is 2. The number of aryl methyl sites for hydroxylation is 2. The van der Waals surface area contributed by atoms with Crippen LogP contribution in [0.15, 0.2) is 36.0 Å². The first kappa shape index (κ1) is 28.2. The average Bonchev–Trinajstić information content (AvgIpc) is 3.41. The van der Waals surface area contributed by atoms with E-state index in [1.54, 1.807) is 6.08 Å². The molecule has 202 valence electrons. The third kappa shape index (κ3) is 6.78. The average molecular weight is 574 g/mol. The minimum Gasteiger partial charge on any atom is -0.493 e. The first-order valence-electron chi connectivity index (χ1n) is 12.6. The molecule has 2 aromatic heterocycles. The molecule has 1 unspecified atom stereocenters. The maximum absolute atomic E-state index is 12.8. The molecule has 0 spiro atoms. The number of nitrogens with one attached hydrogen (secondary N) is 1. The number of primary amides is 1.